The van der Waals surface area contributed by atoms with E-state index in [4.69, 9.17) is 4.42 Å². The fourth-order valence-electron chi connectivity index (χ4n) is 1.18. The minimum Gasteiger partial charge on any atom is -0.458 e. The van der Waals surface area contributed by atoms with E-state index in [1.54, 1.807) is 0 Å². The van der Waals surface area contributed by atoms with Crippen LogP contribution in [0, 0.1) is 6.26 Å². The van der Waals surface area contributed by atoms with Gasteiger partial charge in [-0.1, -0.05) is 0 Å². The van der Waals surface area contributed by atoms with Gasteiger partial charge in [0.25, 0.3) is 0 Å². The lowest BCUT2D eigenvalue weighted by molar-refractivity contribution is 0.508. The van der Waals surface area contributed by atoms with Gasteiger partial charge >= 0.3 is 0 Å². The lowest BCUT2D eigenvalue weighted by atomic mass is 10.3. The molecule has 0 unspecified atom stereocenters. The summed E-state index contributed by atoms with van der Waals surface area (Å²) in [5.41, 5.74) is 1.37. The molecule has 1 nitrogen and oxygen atoms in total. The molecule has 1 radical (unpaired) electrons. The van der Waals surface area contributed by atoms with E-state index in [2.05, 4.69) is 6.26 Å². The molecule has 0 atom stereocenters. The second-order valence-corrected chi connectivity index (χ2v) is 2.17. The summed E-state index contributed by atoms with van der Waals surface area (Å²) in [7, 11) is 0. The Bertz CT molecular complexity index is 170. The smallest absolute Gasteiger partial charge is 0.169 e. The van der Waals surface area contributed by atoms with Crippen molar-refractivity contribution in [3.63, 3.8) is 0 Å². The highest BCUT2D eigenvalue weighted by atomic mass is 16.3. The van der Waals surface area contributed by atoms with Crippen molar-refractivity contribution in [3.8, 4) is 0 Å². The lowest BCUT2D eigenvalue weighted by Crippen LogP contribution is -1.66. The molecule has 0 fully saturated rings. The summed E-state index contributed by atoms with van der Waals surface area (Å²) in [6, 6.07) is 1.95. The SMILES string of the molecule is [c]1cc2c(o1)CCC2. The largest absolute Gasteiger partial charge is 0.458 e. The standard InChI is InChI=1S/C7H7O/c1-2-6-4-5-8-7(6)3-1/h4H,1-3H2. The van der Waals surface area contributed by atoms with Crippen LogP contribution in [0.2, 0.25) is 0 Å². The summed E-state index contributed by atoms with van der Waals surface area (Å²) in [6.45, 7) is 0. The topological polar surface area (TPSA) is 13.1 Å². The number of aryl methyl sites for hydroxylation is 2. The van der Waals surface area contributed by atoms with E-state index >= 15 is 0 Å². The average molecular weight is 107 g/mol. The third kappa shape index (κ3) is 0.414. The minimum atomic E-state index is 1.12. The van der Waals surface area contributed by atoms with Crippen LogP contribution in [0.1, 0.15) is 17.7 Å². The Morgan fingerprint density at radius 3 is 3.38 bits per heavy atom. The van der Waals surface area contributed by atoms with Crippen LogP contribution >= 0.6 is 0 Å². The van der Waals surface area contributed by atoms with E-state index in [-0.39, 0.29) is 0 Å². The van der Waals surface area contributed by atoms with Gasteiger partial charge in [0.05, 0.1) is 0 Å². The van der Waals surface area contributed by atoms with Crippen LogP contribution in [0.5, 0.6) is 0 Å². The van der Waals surface area contributed by atoms with Gasteiger partial charge in [-0.05, 0) is 24.5 Å². The van der Waals surface area contributed by atoms with Crippen molar-refractivity contribution < 1.29 is 4.42 Å². The van der Waals surface area contributed by atoms with E-state index in [0.29, 0.717) is 0 Å². The van der Waals surface area contributed by atoms with Crippen molar-refractivity contribution in [1.82, 2.24) is 0 Å². The van der Waals surface area contributed by atoms with Crippen molar-refractivity contribution in [3.05, 3.63) is 23.7 Å². The van der Waals surface area contributed by atoms with E-state index in [1.807, 2.05) is 6.07 Å². The first-order chi connectivity index (χ1) is 3.97. The molecule has 0 spiro atoms. The lowest BCUT2D eigenvalue weighted by Gasteiger charge is -1.78. The maximum atomic E-state index is 5.05. The zero-order valence-electron chi connectivity index (χ0n) is 4.61. The number of furan rings is 1. The van der Waals surface area contributed by atoms with E-state index < -0.39 is 0 Å². The Hall–Kier alpha value is -0.720. The molecule has 1 aliphatic rings. The van der Waals surface area contributed by atoms with Crippen molar-refractivity contribution in [1.29, 1.82) is 0 Å². The molecule has 0 aromatic carbocycles. The van der Waals surface area contributed by atoms with Crippen LogP contribution in [0.4, 0.5) is 0 Å². The zero-order valence-corrected chi connectivity index (χ0v) is 4.61. The Morgan fingerprint density at radius 1 is 1.50 bits per heavy atom. The van der Waals surface area contributed by atoms with Crippen LogP contribution in [0.25, 0.3) is 0 Å². The summed E-state index contributed by atoms with van der Waals surface area (Å²) < 4.78 is 5.05. The summed E-state index contributed by atoms with van der Waals surface area (Å²) in [5, 5.41) is 0. The molecule has 1 heteroatoms. The third-order valence-electron chi connectivity index (χ3n) is 1.62. The Morgan fingerprint density at radius 2 is 2.50 bits per heavy atom. The first kappa shape index (κ1) is 4.19. The molecule has 1 heterocycles. The second kappa shape index (κ2) is 1.38. The molecule has 2 rings (SSSR count). The summed E-state index contributed by atoms with van der Waals surface area (Å²) in [4.78, 5) is 0. The van der Waals surface area contributed by atoms with Gasteiger partial charge in [0.1, 0.15) is 5.76 Å². The van der Waals surface area contributed by atoms with E-state index in [9.17, 15) is 0 Å². The monoisotopic (exact) mass is 107 g/mol. The number of hydrogen-bond acceptors (Lipinski definition) is 1. The van der Waals surface area contributed by atoms with Crippen molar-refractivity contribution in [2.75, 3.05) is 0 Å². The highest BCUT2D eigenvalue weighted by molar-refractivity contribution is 5.20. The molecule has 41 valence electrons. The zero-order chi connectivity index (χ0) is 5.40. The minimum absolute atomic E-state index is 1.12. The van der Waals surface area contributed by atoms with Crippen LogP contribution in [0.15, 0.2) is 10.5 Å². The van der Waals surface area contributed by atoms with Gasteiger partial charge in [0.15, 0.2) is 6.26 Å². The van der Waals surface area contributed by atoms with E-state index in [0.717, 1.165) is 12.2 Å². The summed E-state index contributed by atoms with van der Waals surface area (Å²) in [5.74, 6) is 1.16. The quantitative estimate of drug-likeness (QED) is 0.490. The van der Waals surface area contributed by atoms with Gasteiger partial charge in [0.2, 0.25) is 0 Å². The second-order valence-electron chi connectivity index (χ2n) is 2.17. The Labute approximate surface area is 48.3 Å². The Kier molecular flexibility index (Phi) is 0.720. The van der Waals surface area contributed by atoms with Crippen molar-refractivity contribution in [2.45, 2.75) is 19.3 Å². The fraction of sp³-hybridized carbons (Fsp3) is 0.429. The molecule has 0 saturated heterocycles. The van der Waals surface area contributed by atoms with Gasteiger partial charge in [-0.2, -0.15) is 0 Å². The number of fused-ring (bicyclic) bond motifs is 1. The van der Waals surface area contributed by atoms with Gasteiger partial charge < -0.3 is 4.42 Å². The van der Waals surface area contributed by atoms with Gasteiger partial charge in [-0.3, -0.25) is 0 Å². The van der Waals surface area contributed by atoms with E-state index in [1.165, 1.54) is 18.4 Å². The third-order valence-corrected chi connectivity index (χ3v) is 1.62. The highest BCUT2D eigenvalue weighted by Gasteiger charge is 2.12. The van der Waals surface area contributed by atoms with Gasteiger partial charge in [-0.15, -0.1) is 0 Å². The molecular formula is C7H7O. The molecule has 0 aliphatic heterocycles. The molecule has 1 aromatic heterocycles. The molecule has 1 aliphatic carbocycles. The molecule has 8 heavy (non-hydrogen) atoms. The molecule has 0 saturated carbocycles. The summed E-state index contributed by atoms with van der Waals surface area (Å²) >= 11 is 0. The van der Waals surface area contributed by atoms with Crippen LogP contribution in [-0.2, 0) is 12.8 Å². The first-order valence-corrected chi connectivity index (χ1v) is 2.94. The molecule has 0 N–H and O–H groups in total. The van der Waals surface area contributed by atoms with Gasteiger partial charge in [-0.25, -0.2) is 0 Å². The van der Waals surface area contributed by atoms with Crippen molar-refractivity contribution >= 4 is 0 Å². The summed E-state index contributed by atoms with van der Waals surface area (Å²) in [6.07, 6.45) is 6.31. The maximum Gasteiger partial charge on any atom is 0.169 e. The molecular weight excluding hydrogens is 100 g/mol. The molecule has 0 bridgehead atoms. The number of rotatable bonds is 0. The highest BCUT2D eigenvalue weighted by Crippen LogP contribution is 2.21. The van der Waals surface area contributed by atoms with Crippen LogP contribution in [0.3, 0.4) is 0 Å². The van der Waals surface area contributed by atoms with Gasteiger partial charge in [0, 0.05) is 6.42 Å². The predicted molar refractivity (Wildman–Crippen MR) is 29.6 cm³/mol. The predicted octanol–water partition coefficient (Wildman–Crippen LogP) is 1.57. The maximum absolute atomic E-state index is 5.05. The van der Waals surface area contributed by atoms with Crippen molar-refractivity contribution in [2.24, 2.45) is 0 Å². The Balaban J connectivity index is 2.54. The van der Waals surface area contributed by atoms with Crippen LogP contribution in [-0.4, -0.2) is 0 Å². The van der Waals surface area contributed by atoms with Crippen LogP contribution < -0.4 is 0 Å². The average Bonchev–Trinajstić information content (AvgIpc) is 2.15. The molecule has 1 aromatic rings. The fourth-order valence-corrected chi connectivity index (χ4v) is 1.18. The molecule has 0 amide bonds. The first-order valence-electron chi connectivity index (χ1n) is 2.94. The number of hydrogen-bond donors (Lipinski definition) is 0. The normalized spacial score (nSPS) is 16.5.